The van der Waals surface area contributed by atoms with Crippen LogP contribution < -0.4 is 10.6 Å². The number of carbonyl (C=O) groups excluding carboxylic acids is 1. The van der Waals surface area contributed by atoms with Gasteiger partial charge in [0.05, 0.1) is 6.17 Å². The lowest BCUT2D eigenvalue weighted by molar-refractivity contribution is -0.110. The van der Waals surface area contributed by atoms with Crippen molar-refractivity contribution in [2.24, 2.45) is 0 Å². The zero-order valence-electron chi connectivity index (χ0n) is 10.4. The van der Waals surface area contributed by atoms with E-state index in [1.54, 1.807) is 0 Å². The molecule has 3 nitrogen and oxygen atoms in total. The van der Waals surface area contributed by atoms with Crippen molar-refractivity contribution in [1.29, 1.82) is 0 Å². The predicted molar refractivity (Wildman–Crippen MR) is 64.6 cm³/mol. The minimum Gasteiger partial charge on any atom is -0.343 e. The SMILES string of the molecule is CCCCCC(CC)NC(CC)NC=O. The first kappa shape index (κ1) is 14.4. The molecule has 0 aromatic heterocycles. The second kappa shape index (κ2) is 9.97. The average Bonchev–Trinajstić information content (AvgIpc) is 2.26. The van der Waals surface area contributed by atoms with E-state index >= 15 is 0 Å². The third kappa shape index (κ3) is 7.37. The molecule has 2 unspecified atom stereocenters. The number of nitrogens with one attached hydrogen (secondary N) is 2. The van der Waals surface area contributed by atoms with Gasteiger partial charge >= 0.3 is 0 Å². The van der Waals surface area contributed by atoms with E-state index in [-0.39, 0.29) is 6.17 Å². The van der Waals surface area contributed by atoms with Gasteiger partial charge in [0.1, 0.15) is 0 Å². The molecule has 0 aromatic rings. The summed E-state index contributed by atoms with van der Waals surface area (Å²) in [5, 5.41) is 6.27. The fraction of sp³-hybridized carbons (Fsp3) is 0.917. The second-order valence-electron chi connectivity index (χ2n) is 4.01. The highest BCUT2D eigenvalue weighted by molar-refractivity contribution is 5.46. The molecular formula is C12H26N2O. The van der Waals surface area contributed by atoms with Crippen molar-refractivity contribution in [2.75, 3.05) is 0 Å². The van der Waals surface area contributed by atoms with Crippen LogP contribution in [0.4, 0.5) is 0 Å². The summed E-state index contributed by atoms with van der Waals surface area (Å²) in [7, 11) is 0. The maximum Gasteiger partial charge on any atom is 0.208 e. The highest BCUT2D eigenvalue weighted by atomic mass is 16.1. The van der Waals surface area contributed by atoms with Crippen LogP contribution in [-0.2, 0) is 4.79 Å². The molecule has 0 saturated heterocycles. The van der Waals surface area contributed by atoms with Crippen LogP contribution in [-0.4, -0.2) is 18.6 Å². The van der Waals surface area contributed by atoms with Crippen molar-refractivity contribution in [3.8, 4) is 0 Å². The lowest BCUT2D eigenvalue weighted by Crippen LogP contribution is -2.46. The summed E-state index contributed by atoms with van der Waals surface area (Å²) in [6.45, 7) is 6.49. The summed E-state index contributed by atoms with van der Waals surface area (Å²) in [6.07, 6.45) is 8.02. The van der Waals surface area contributed by atoms with E-state index in [1.165, 1.54) is 25.7 Å². The number of hydrogen-bond acceptors (Lipinski definition) is 2. The molecule has 1 amide bonds. The Morgan fingerprint density at radius 1 is 1.13 bits per heavy atom. The molecule has 3 heteroatoms. The van der Waals surface area contributed by atoms with Gasteiger partial charge in [-0.05, 0) is 19.3 Å². The highest BCUT2D eigenvalue weighted by Crippen LogP contribution is 2.07. The summed E-state index contributed by atoms with van der Waals surface area (Å²) in [5.41, 5.74) is 0. The van der Waals surface area contributed by atoms with Gasteiger partial charge in [-0.15, -0.1) is 0 Å². The van der Waals surface area contributed by atoms with Crippen molar-refractivity contribution in [1.82, 2.24) is 10.6 Å². The van der Waals surface area contributed by atoms with Gasteiger partial charge in [0, 0.05) is 6.04 Å². The van der Waals surface area contributed by atoms with E-state index in [0.717, 1.165) is 19.3 Å². The fourth-order valence-electron chi connectivity index (χ4n) is 1.70. The number of amides is 1. The summed E-state index contributed by atoms with van der Waals surface area (Å²) < 4.78 is 0. The van der Waals surface area contributed by atoms with E-state index in [0.29, 0.717) is 6.04 Å². The Labute approximate surface area is 94.0 Å². The summed E-state index contributed by atoms with van der Waals surface area (Å²) in [6, 6.07) is 0.536. The molecule has 0 fully saturated rings. The van der Waals surface area contributed by atoms with Crippen molar-refractivity contribution < 1.29 is 4.79 Å². The predicted octanol–water partition coefficient (Wildman–Crippen LogP) is 2.42. The molecular weight excluding hydrogens is 188 g/mol. The summed E-state index contributed by atoms with van der Waals surface area (Å²) in [5.74, 6) is 0. The van der Waals surface area contributed by atoms with Crippen LogP contribution in [0.3, 0.4) is 0 Å². The highest BCUT2D eigenvalue weighted by Gasteiger charge is 2.10. The van der Waals surface area contributed by atoms with Crippen LogP contribution in [0.2, 0.25) is 0 Å². The molecule has 90 valence electrons. The maximum absolute atomic E-state index is 10.4. The third-order valence-corrected chi connectivity index (χ3v) is 2.76. The Hall–Kier alpha value is -0.570. The van der Waals surface area contributed by atoms with Gasteiger partial charge in [-0.3, -0.25) is 10.1 Å². The first-order valence-electron chi connectivity index (χ1n) is 6.24. The molecule has 2 atom stereocenters. The van der Waals surface area contributed by atoms with E-state index in [1.807, 2.05) is 0 Å². The number of unbranched alkanes of at least 4 members (excludes halogenated alkanes) is 2. The molecule has 0 aliphatic heterocycles. The molecule has 2 N–H and O–H groups in total. The monoisotopic (exact) mass is 214 g/mol. The zero-order valence-corrected chi connectivity index (χ0v) is 10.4. The van der Waals surface area contributed by atoms with E-state index in [9.17, 15) is 4.79 Å². The standard InChI is InChI=1S/C12H26N2O/c1-4-7-8-9-11(5-2)14-12(6-3)13-10-15/h10-12,14H,4-9H2,1-3H3,(H,13,15). The Balaban J connectivity index is 3.78. The number of carbonyl (C=O) groups is 1. The van der Waals surface area contributed by atoms with E-state index in [2.05, 4.69) is 31.4 Å². The number of hydrogen-bond donors (Lipinski definition) is 2. The van der Waals surface area contributed by atoms with Gasteiger partial charge in [0.15, 0.2) is 0 Å². The Morgan fingerprint density at radius 3 is 2.33 bits per heavy atom. The summed E-state index contributed by atoms with van der Waals surface area (Å²) >= 11 is 0. The Morgan fingerprint density at radius 2 is 1.87 bits per heavy atom. The molecule has 0 saturated carbocycles. The Bertz CT molecular complexity index is 151. The second-order valence-corrected chi connectivity index (χ2v) is 4.01. The van der Waals surface area contributed by atoms with Gasteiger partial charge in [-0.1, -0.05) is 40.0 Å². The van der Waals surface area contributed by atoms with Gasteiger partial charge in [-0.25, -0.2) is 0 Å². The molecule has 15 heavy (non-hydrogen) atoms. The van der Waals surface area contributed by atoms with E-state index in [4.69, 9.17) is 0 Å². The van der Waals surface area contributed by atoms with Crippen molar-refractivity contribution >= 4 is 6.41 Å². The van der Waals surface area contributed by atoms with Crippen LogP contribution in [0.5, 0.6) is 0 Å². The van der Waals surface area contributed by atoms with Crippen molar-refractivity contribution in [2.45, 2.75) is 71.5 Å². The smallest absolute Gasteiger partial charge is 0.208 e. The largest absolute Gasteiger partial charge is 0.343 e. The minimum atomic E-state index is 0.133. The van der Waals surface area contributed by atoms with Gasteiger partial charge in [0.2, 0.25) is 6.41 Å². The molecule has 0 bridgehead atoms. The molecule has 0 aromatic carbocycles. The molecule has 0 aliphatic carbocycles. The van der Waals surface area contributed by atoms with Crippen LogP contribution in [0.15, 0.2) is 0 Å². The van der Waals surface area contributed by atoms with Crippen LogP contribution in [0.25, 0.3) is 0 Å². The third-order valence-electron chi connectivity index (χ3n) is 2.76. The molecule has 0 heterocycles. The normalized spacial score (nSPS) is 14.6. The maximum atomic E-state index is 10.4. The van der Waals surface area contributed by atoms with Crippen LogP contribution in [0, 0.1) is 0 Å². The lowest BCUT2D eigenvalue weighted by atomic mass is 10.1. The van der Waals surface area contributed by atoms with Gasteiger partial charge in [0.25, 0.3) is 0 Å². The van der Waals surface area contributed by atoms with Crippen LogP contribution >= 0.6 is 0 Å². The Kier molecular flexibility index (Phi) is 9.59. The van der Waals surface area contributed by atoms with Crippen molar-refractivity contribution in [3.05, 3.63) is 0 Å². The fourth-order valence-corrected chi connectivity index (χ4v) is 1.70. The lowest BCUT2D eigenvalue weighted by Gasteiger charge is -2.23. The quantitative estimate of drug-likeness (QED) is 0.333. The topological polar surface area (TPSA) is 41.1 Å². The molecule has 0 radical (unpaired) electrons. The van der Waals surface area contributed by atoms with E-state index < -0.39 is 0 Å². The minimum absolute atomic E-state index is 0.133. The molecule has 0 spiro atoms. The molecule has 0 rings (SSSR count). The zero-order chi connectivity index (χ0) is 11.5. The van der Waals surface area contributed by atoms with Crippen molar-refractivity contribution in [3.63, 3.8) is 0 Å². The first-order valence-corrected chi connectivity index (χ1v) is 6.24. The molecule has 0 aliphatic rings. The van der Waals surface area contributed by atoms with Gasteiger partial charge < -0.3 is 5.32 Å². The van der Waals surface area contributed by atoms with Crippen LogP contribution in [0.1, 0.15) is 59.3 Å². The summed E-state index contributed by atoms with van der Waals surface area (Å²) in [4.78, 5) is 10.4. The first-order chi connectivity index (χ1) is 7.28. The average molecular weight is 214 g/mol. The number of rotatable bonds is 10. The van der Waals surface area contributed by atoms with Gasteiger partial charge in [-0.2, -0.15) is 0 Å².